The number of hydrogen-bond donors (Lipinski definition) is 2. The molecule has 32 heavy (non-hydrogen) atoms. The van der Waals surface area contributed by atoms with Gasteiger partial charge in [-0.05, 0) is 40.6 Å². The Morgan fingerprint density at radius 1 is 1.12 bits per heavy atom. The van der Waals surface area contributed by atoms with Crippen LogP contribution in [0.2, 0.25) is 0 Å². The molecular formula is C19H17F3N6O4. The number of rotatable bonds is 4. The minimum Gasteiger partial charge on any atom is -0.326 e. The summed E-state index contributed by atoms with van der Waals surface area (Å²) in [6, 6.07) is 5.99. The van der Waals surface area contributed by atoms with E-state index in [4.69, 9.17) is 0 Å². The highest BCUT2D eigenvalue weighted by Gasteiger charge is 2.56. The molecule has 1 aliphatic heterocycles. The van der Waals surface area contributed by atoms with E-state index in [1.54, 1.807) is 13.0 Å². The lowest BCUT2D eigenvalue weighted by Gasteiger charge is -2.30. The van der Waals surface area contributed by atoms with Crippen LogP contribution < -0.4 is 11.0 Å². The van der Waals surface area contributed by atoms with Crippen molar-refractivity contribution < 1.29 is 27.6 Å². The van der Waals surface area contributed by atoms with Gasteiger partial charge in [0, 0.05) is 5.69 Å². The van der Waals surface area contributed by atoms with E-state index in [2.05, 4.69) is 20.8 Å². The molecule has 2 aliphatic rings. The topological polar surface area (TPSA) is 130 Å². The molecule has 13 heteroatoms. The molecule has 4 unspecified atom stereocenters. The van der Waals surface area contributed by atoms with Gasteiger partial charge in [-0.3, -0.25) is 19.3 Å². The fourth-order valence-electron chi connectivity index (χ4n) is 4.11. The summed E-state index contributed by atoms with van der Waals surface area (Å²) in [6.45, 7) is -0.0294. The first-order valence-electron chi connectivity index (χ1n) is 9.59. The zero-order valence-corrected chi connectivity index (χ0v) is 16.5. The second-order valence-corrected chi connectivity index (χ2v) is 7.65. The van der Waals surface area contributed by atoms with Gasteiger partial charge < -0.3 is 5.32 Å². The minimum atomic E-state index is -4.74. The number of anilines is 1. The van der Waals surface area contributed by atoms with E-state index in [1.165, 1.54) is 30.3 Å². The van der Waals surface area contributed by atoms with Gasteiger partial charge in [0.2, 0.25) is 17.7 Å². The van der Waals surface area contributed by atoms with Crippen molar-refractivity contribution in [3.05, 3.63) is 46.9 Å². The number of allylic oxidation sites excluding steroid dienone is 1. The van der Waals surface area contributed by atoms with Crippen LogP contribution >= 0.6 is 0 Å². The van der Waals surface area contributed by atoms with Gasteiger partial charge in [-0.25, -0.2) is 9.89 Å². The minimum absolute atomic E-state index is 0.183. The van der Waals surface area contributed by atoms with Crippen molar-refractivity contribution in [2.45, 2.75) is 13.1 Å². The number of amides is 3. The quantitative estimate of drug-likeness (QED) is 0.526. The number of tetrazole rings is 1. The molecular weight excluding hydrogens is 433 g/mol. The van der Waals surface area contributed by atoms with Crippen molar-refractivity contribution in [2.75, 3.05) is 11.9 Å². The van der Waals surface area contributed by atoms with Gasteiger partial charge in [-0.2, -0.15) is 17.9 Å². The second kappa shape index (κ2) is 7.73. The first-order chi connectivity index (χ1) is 15.1. The summed E-state index contributed by atoms with van der Waals surface area (Å²) in [7, 11) is 0. The maximum absolute atomic E-state index is 13.0. The number of imide groups is 1. The van der Waals surface area contributed by atoms with Crippen LogP contribution in [0.5, 0.6) is 0 Å². The number of nitrogens with one attached hydrogen (secondary N) is 2. The number of halogens is 3. The van der Waals surface area contributed by atoms with Crippen LogP contribution in [0.1, 0.15) is 6.92 Å². The number of alkyl halides is 3. The molecule has 0 spiro atoms. The lowest BCUT2D eigenvalue weighted by atomic mass is 9.71. The zero-order valence-electron chi connectivity index (χ0n) is 16.5. The average Bonchev–Trinajstić information content (AvgIpc) is 3.24. The lowest BCUT2D eigenvalue weighted by Crippen LogP contribution is -2.42. The number of fused-ring (bicyclic) bond motifs is 1. The number of H-pyrrole nitrogens is 1. The van der Waals surface area contributed by atoms with Crippen LogP contribution in [0, 0.1) is 23.7 Å². The molecule has 0 radical (unpaired) electrons. The number of aromatic amines is 1. The predicted octanol–water partition coefficient (Wildman–Crippen LogP) is 0.880. The highest BCUT2D eigenvalue weighted by molar-refractivity contribution is 6.09. The smallest absolute Gasteiger partial charge is 0.326 e. The van der Waals surface area contributed by atoms with Crippen LogP contribution in [0.3, 0.4) is 0 Å². The zero-order chi connectivity index (χ0) is 23.2. The molecule has 3 amide bonds. The number of likely N-dealkylation sites (tertiary alicyclic amines) is 1. The van der Waals surface area contributed by atoms with Gasteiger partial charge in [0.25, 0.3) is 0 Å². The van der Waals surface area contributed by atoms with Gasteiger partial charge in [0.05, 0.1) is 23.4 Å². The first-order valence-corrected chi connectivity index (χ1v) is 9.59. The molecule has 2 aromatic rings. The Kier molecular flexibility index (Phi) is 5.18. The normalized spacial score (nSPS) is 25.2. The average molecular weight is 450 g/mol. The largest absolute Gasteiger partial charge is 0.406 e. The first kappa shape index (κ1) is 21.5. The summed E-state index contributed by atoms with van der Waals surface area (Å²) >= 11 is 0. The SMILES string of the molecule is CC1C=CC2C(=O)N(CC(F)(F)F)C(=O)C2C1C(=O)Nc1ccc(-n2nn[nH]c2=O)cc1. The fraction of sp³-hybridized carbons (Fsp3) is 0.368. The van der Waals surface area contributed by atoms with Crippen LogP contribution in [0.4, 0.5) is 18.9 Å². The lowest BCUT2D eigenvalue weighted by molar-refractivity contribution is -0.166. The second-order valence-electron chi connectivity index (χ2n) is 7.65. The highest BCUT2D eigenvalue weighted by Crippen LogP contribution is 2.42. The standard InChI is InChI=1S/C19H17F3N6O4/c1-9-2-7-12-14(17(31)27(16(12)30)8-19(20,21)22)13(9)15(29)23-10-3-5-11(6-4-10)28-18(32)24-25-26-28/h2-7,9,12-14H,8H2,1H3,(H,23,29)(H,24,26,32). The van der Waals surface area contributed by atoms with Gasteiger partial charge >= 0.3 is 11.9 Å². The third kappa shape index (κ3) is 3.81. The Hall–Kier alpha value is -3.77. The molecule has 168 valence electrons. The van der Waals surface area contributed by atoms with E-state index in [0.29, 0.717) is 11.4 Å². The molecule has 2 N–H and O–H groups in total. The van der Waals surface area contributed by atoms with Crippen LogP contribution in [0.15, 0.2) is 41.2 Å². The van der Waals surface area contributed by atoms with Crippen molar-refractivity contribution >= 4 is 23.4 Å². The number of hydrogen-bond acceptors (Lipinski definition) is 6. The Morgan fingerprint density at radius 3 is 2.41 bits per heavy atom. The molecule has 2 heterocycles. The van der Waals surface area contributed by atoms with Crippen molar-refractivity contribution in [3.8, 4) is 5.69 Å². The van der Waals surface area contributed by atoms with E-state index >= 15 is 0 Å². The van der Waals surface area contributed by atoms with E-state index in [0.717, 1.165) is 4.68 Å². The summed E-state index contributed by atoms with van der Waals surface area (Å²) in [5, 5.41) is 11.7. The van der Waals surface area contributed by atoms with Gasteiger partial charge in [-0.15, -0.1) is 0 Å². The molecule has 1 saturated heterocycles. The molecule has 4 rings (SSSR count). The van der Waals surface area contributed by atoms with Crippen LogP contribution in [-0.4, -0.2) is 55.5 Å². The predicted molar refractivity (Wildman–Crippen MR) is 102 cm³/mol. The number of carbonyl (C=O) groups excluding carboxylic acids is 3. The molecule has 10 nitrogen and oxygen atoms in total. The van der Waals surface area contributed by atoms with Crippen molar-refractivity contribution in [3.63, 3.8) is 0 Å². The Morgan fingerprint density at radius 2 is 1.81 bits per heavy atom. The third-order valence-electron chi connectivity index (χ3n) is 5.56. The van der Waals surface area contributed by atoms with Crippen LogP contribution in [0.25, 0.3) is 5.69 Å². The summed E-state index contributed by atoms with van der Waals surface area (Å²) in [5.74, 6) is -6.39. The fourth-order valence-corrected chi connectivity index (χ4v) is 4.11. The molecule has 1 aromatic heterocycles. The highest BCUT2D eigenvalue weighted by atomic mass is 19.4. The molecule has 1 aromatic carbocycles. The van der Waals surface area contributed by atoms with Gasteiger partial charge in [0.15, 0.2) is 0 Å². The molecule has 0 saturated carbocycles. The van der Waals surface area contributed by atoms with E-state index in [9.17, 15) is 32.3 Å². The molecule has 1 fully saturated rings. The number of carbonyl (C=O) groups is 3. The Labute approximate surface area is 178 Å². The maximum Gasteiger partial charge on any atom is 0.406 e. The molecule has 1 aliphatic carbocycles. The summed E-state index contributed by atoms with van der Waals surface area (Å²) in [6.07, 6.45) is -1.77. The van der Waals surface area contributed by atoms with E-state index in [1.807, 2.05) is 0 Å². The summed E-state index contributed by atoms with van der Waals surface area (Å²) in [4.78, 5) is 49.9. The van der Waals surface area contributed by atoms with Crippen molar-refractivity contribution in [1.82, 2.24) is 25.1 Å². The maximum atomic E-state index is 13.0. The van der Waals surface area contributed by atoms with Crippen molar-refractivity contribution in [2.24, 2.45) is 23.7 Å². The van der Waals surface area contributed by atoms with Crippen LogP contribution in [-0.2, 0) is 14.4 Å². The van der Waals surface area contributed by atoms with Crippen molar-refractivity contribution in [1.29, 1.82) is 0 Å². The van der Waals surface area contributed by atoms with E-state index < -0.39 is 59.8 Å². The number of nitrogens with zero attached hydrogens (tertiary/aromatic N) is 4. The number of benzene rings is 1. The Balaban J connectivity index is 1.55. The van der Waals surface area contributed by atoms with Gasteiger partial charge in [0.1, 0.15) is 6.54 Å². The summed E-state index contributed by atoms with van der Waals surface area (Å²) < 4.78 is 39.5. The monoisotopic (exact) mass is 450 g/mol. The van der Waals surface area contributed by atoms with Gasteiger partial charge in [-0.1, -0.05) is 19.1 Å². The third-order valence-corrected chi connectivity index (χ3v) is 5.56. The Bertz CT molecular complexity index is 1150. The molecule has 4 atom stereocenters. The number of aromatic nitrogens is 4. The molecule has 0 bridgehead atoms. The van der Waals surface area contributed by atoms with E-state index in [-0.39, 0.29) is 4.90 Å². The summed E-state index contributed by atoms with van der Waals surface area (Å²) in [5.41, 5.74) is 0.163.